The fourth-order valence-electron chi connectivity index (χ4n) is 2.02. The maximum atomic E-state index is 13.5. The van der Waals surface area contributed by atoms with Crippen LogP contribution >= 0.6 is 0 Å². The van der Waals surface area contributed by atoms with Gasteiger partial charge in [-0.05, 0) is 25.0 Å². The van der Waals surface area contributed by atoms with E-state index in [1.54, 1.807) is 4.90 Å². The first-order valence-electron chi connectivity index (χ1n) is 6.02. The fourth-order valence-corrected chi connectivity index (χ4v) is 2.02. The van der Waals surface area contributed by atoms with Crippen LogP contribution in [0.4, 0.5) is 4.39 Å². The summed E-state index contributed by atoms with van der Waals surface area (Å²) < 4.78 is 18.6. The number of nitrogens with zero attached hydrogens (tertiary/aromatic N) is 1. The molecule has 0 atom stereocenters. The summed E-state index contributed by atoms with van der Waals surface area (Å²) in [5.41, 5.74) is -0.283. The van der Waals surface area contributed by atoms with Gasteiger partial charge in [0.25, 0.3) is 5.91 Å². The molecule has 1 aliphatic rings. The normalized spacial score (nSPS) is 14.5. The molecule has 1 amide bonds. The van der Waals surface area contributed by atoms with Crippen LogP contribution in [0.3, 0.4) is 0 Å². The highest BCUT2D eigenvalue weighted by Crippen LogP contribution is 2.22. The van der Waals surface area contributed by atoms with Gasteiger partial charge in [0.2, 0.25) is 0 Å². The minimum atomic E-state index is -1.29. The van der Waals surface area contributed by atoms with Gasteiger partial charge >= 0.3 is 5.97 Å². The Bertz CT molecular complexity index is 497. The number of carbonyl (C=O) groups excluding carboxylic acids is 1. The summed E-state index contributed by atoms with van der Waals surface area (Å²) >= 11 is 0. The van der Waals surface area contributed by atoms with E-state index in [2.05, 4.69) is 0 Å². The van der Waals surface area contributed by atoms with Crippen molar-refractivity contribution in [2.75, 3.05) is 19.7 Å². The van der Waals surface area contributed by atoms with E-state index in [9.17, 15) is 14.0 Å². The number of ether oxygens (including phenoxy) is 1. The molecule has 0 aromatic heterocycles. The van der Waals surface area contributed by atoms with Gasteiger partial charge in [0.05, 0.1) is 0 Å². The zero-order valence-corrected chi connectivity index (χ0v) is 10.3. The van der Waals surface area contributed by atoms with E-state index in [0.29, 0.717) is 13.1 Å². The molecule has 0 radical (unpaired) electrons. The van der Waals surface area contributed by atoms with Crippen LogP contribution in [-0.2, 0) is 4.79 Å². The van der Waals surface area contributed by atoms with E-state index in [1.165, 1.54) is 12.1 Å². The highest BCUT2D eigenvalue weighted by Gasteiger charge is 2.21. The second-order valence-electron chi connectivity index (χ2n) is 4.30. The van der Waals surface area contributed by atoms with Crippen LogP contribution in [0, 0.1) is 5.82 Å². The predicted molar refractivity (Wildman–Crippen MR) is 64.7 cm³/mol. The van der Waals surface area contributed by atoms with Crippen molar-refractivity contribution >= 4 is 11.9 Å². The third kappa shape index (κ3) is 3.01. The quantitative estimate of drug-likeness (QED) is 0.898. The Hall–Kier alpha value is -2.11. The number of aromatic carboxylic acids is 1. The zero-order valence-electron chi connectivity index (χ0n) is 10.3. The Kier molecular flexibility index (Phi) is 3.99. The highest BCUT2D eigenvalue weighted by atomic mass is 19.1. The van der Waals surface area contributed by atoms with E-state index in [-0.39, 0.29) is 23.8 Å². The number of para-hydroxylation sites is 1. The summed E-state index contributed by atoms with van der Waals surface area (Å²) in [6, 6.07) is 3.62. The Morgan fingerprint density at radius 1 is 1.32 bits per heavy atom. The Balaban J connectivity index is 2.06. The number of likely N-dealkylation sites (tertiary alicyclic amines) is 1. The number of halogens is 1. The number of hydrogen-bond donors (Lipinski definition) is 1. The zero-order chi connectivity index (χ0) is 13.8. The third-order valence-corrected chi connectivity index (χ3v) is 3.00. The minimum Gasteiger partial charge on any atom is -0.480 e. The van der Waals surface area contributed by atoms with E-state index in [0.717, 1.165) is 18.9 Å². The third-order valence-electron chi connectivity index (χ3n) is 3.00. The number of hydrogen-bond acceptors (Lipinski definition) is 3. The van der Waals surface area contributed by atoms with Gasteiger partial charge in [-0.2, -0.15) is 0 Å². The lowest BCUT2D eigenvalue weighted by Gasteiger charge is -2.16. The van der Waals surface area contributed by atoms with Crippen LogP contribution in [-0.4, -0.2) is 41.6 Å². The molecule has 1 aromatic carbocycles. The van der Waals surface area contributed by atoms with E-state index in [1.807, 2.05) is 0 Å². The molecule has 1 saturated heterocycles. The standard InChI is InChI=1S/C13H14FNO4/c14-10-5-3-4-9(13(17)18)12(10)19-8-11(16)15-6-1-2-7-15/h3-5H,1-2,6-8H2,(H,17,18). The van der Waals surface area contributed by atoms with E-state index >= 15 is 0 Å². The first-order valence-corrected chi connectivity index (χ1v) is 6.02. The van der Waals surface area contributed by atoms with Crippen LogP contribution in [0.2, 0.25) is 0 Å². The van der Waals surface area contributed by atoms with Crippen molar-refractivity contribution in [1.29, 1.82) is 0 Å². The molecule has 19 heavy (non-hydrogen) atoms. The monoisotopic (exact) mass is 267 g/mol. The van der Waals surface area contributed by atoms with Gasteiger partial charge in [0.15, 0.2) is 18.2 Å². The van der Waals surface area contributed by atoms with Gasteiger partial charge in [-0.15, -0.1) is 0 Å². The molecule has 6 heteroatoms. The summed E-state index contributed by atoms with van der Waals surface area (Å²) in [6.07, 6.45) is 1.90. The lowest BCUT2D eigenvalue weighted by Crippen LogP contribution is -2.32. The predicted octanol–water partition coefficient (Wildman–Crippen LogP) is 1.53. The van der Waals surface area contributed by atoms with Gasteiger partial charge in [-0.25, -0.2) is 9.18 Å². The summed E-state index contributed by atoms with van der Waals surface area (Å²) in [5, 5.41) is 8.92. The number of rotatable bonds is 4. The molecule has 1 N–H and O–H groups in total. The molecule has 0 aliphatic carbocycles. The largest absolute Gasteiger partial charge is 0.480 e. The lowest BCUT2D eigenvalue weighted by atomic mass is 10.2. The number of carboxylic acids is 1. The summed E-state index contributed by atoms with van der Waals surface area (Å²) in [5.74, 6) is -2.71. The topological polar surface area (TPSA) is 66.8 Å². The highest BCUT2D eigenvalue weighted by molar-refractivity contribution is 5.91. The molecule has 1 aromatic rings. The van der Waals surface area contributed by atoms with Crippen LogP contribution in [0.5, 0.6) is 5.75 Å². The molecule has 2 rings (SSSR count). The average Bonchev–Trinajstić information content (AvgIpc) is 2.90. The first kappa shape index (κ1) is 13.3. The summed E-state index contributed by atoms with van der Waals surface area (Å²) in [6.45, 7) is 0.998. The van der Waals surface area contributed by atoms with Crippen molar-refractivity contribution in [3.8, 4) is 5.75 Å². The second-order valence-corrected chi connectivity index (χ2v) is 4.30. The van der Waals surface area contributed by atoms with Crippen molar-refractivity contribution in [1.82, 2.24) is 4.90 Å². The maximum Gasteiger partial charge on any atom is 0.339 e. The lowest BCUT2D eigenvalue weighted by molar-refractivity contribution is -0.132. The number of benzene rings is 1. The van der Waals surface area contributed by atoms with Crippen molar-refractivity contribution in [3.63, 3.8) is 0 Å². The fraction of sp³-hybridized carbons (Fsp3) is 0.385. The SMILES string of the molecule is O=C(O)c1cccc(F)c1OCC(=O)N1CCCC1. The maximum absolute atomic E-state index is 13.5. The van der Waals surface area contributed by atoms with Gasteiger partial charge in [0.1, 0.15) is 5.56 Å². The summed E-state index contributed by atoms with van der Waals surface area (Å²) in [7, 11) is 0. The summed E-state index contributed by atoms with van der Waals surface area (Å²) in [4.78, 5) is 24.3. The van der Waals surface area contributed by atoms with Gasteiger partial charge < -0.3 is 14.7 Å². The molecule has 0 spiro atoms. The van der Waals surface area contributed by atoms with Gasteiger partial charge in [0, 0.05) is 13.1 Å². The Morgan fingerprint density at radius 2 is 2.00 bits per heavy atom. The van der Waals surface area contributed by atoms with Gasteiger partial charge in [-0.3, -0.25) is 4.79 Å². The second kappa shape index (κ2) is 5.69. The minimum absolute atomic E-state index is 0.253. The number of carboxylic acid groups (broad SMARTS) is 1. The molecule has 0 bridgehead atoms. The van der Waals surface area contributed by atoms with Gasteiger partial charge in [-0.1, -0.05) is 6.07 Å². The molecule has 5 nitrogen and oxygen atoms in total. The molecule has 0 saturated carbocycles. The van der Waals surface area contributed by atoms with Crippen LogP contribution < -0.4 is 4.74 Å². The molecule has 0 unspecified atom stereocenters. The van der Waals surface area contributed by atoms with Crippen molar-refractivity contribution in [2.45, 2.75) is 12.8 Å². The molecule has 1 aliphatic heterocycles. The van der Waals surface area contributed by atoms with E-state index in [4.69, 9.17) is 9.84 Å². The Morgan fingerprint density at radius 3 is 2.63 bits per heavy atom. The van der Waals surface area contributed by atoms with E-state index < -0.39 is 11.8 Å². The molecular weight excluding hydrogens is 253 g/mol. The van der Waals surface area contributed by atoms with Crippen LogP contribution in [0.25, 0.3) is 0 Å². The first-order chi connectivity index (χ1) is 9.09. The van der Waals surface area contributed by atoms with Crippen LogP contribution in [0.15, 0.2) is 18.2 Å². The van der Waals surface area contributed by atoms with Crippen LogP contribution in [0.1, 0.15) is 23.2 Å². The number of carbonyl (C=O) groups is 2. The average molecular weight is 267 g/mol. The number of amides is 1. The smallest absolute Gasteiger partial charge is 0.339 e. The molecule has 1 heterocycles. The molecule has 102 valence electrons. The van der Waals surface area contributed by atoms with Crippen molar-refractivity contribution < 1.29 is 23.8 Å². The molecular formula is C13H14FNO4. The van der Waals surface area contributed by atoms with Crippen molar-refractivity contribution in [2.24, 2.45) is 0 Å². The Labute approximate surface area is 109 Å². The molecule has 1 fully saturated rings. The van der Waals surface area contributed by atoms with Crippen molar-refractivity contribution in [3.05, 3.63) is 29.6 Å².